The van der Waals surface area contributed by atoms with Gasteiger partial charge in [0.2, 0.25) is 0 Å². The minimum Gasteiger partial charge on any atom is -0.0625 e. The maximum absolute atomic E-state index is 2.50. The maximum Gasteiger partial charge on any atom is -0.0380 e. The van der Waals surface area contributed by atoms with Crippen molar-refractivity contribution in [2.24, 2.45) is 47.3 Å². The topological polar surface area (TPSA) is 0 Å². The van der Waals surface area contributed by atoms with Crippen molar-refractivity contribution in [2.75, 3.05) is 0 Å². The Labute approximate surface area is 126 Å². The smallest absolute Gasteiger partial charge is 0.0380 e. The summed E-state index contributed by atoms with van der Waals surface area (Å²) in [4.78, 5) is 0. The van der Waals surface area contributed by atoms with Gasteiger partial charge in [0.05, 0.1) is 0 Å². The average Bonchev–Trinajstić information content (AvgIpc) is 2.43. The molecule has 6 atom stereocenters. The van der Waals surface area contributed by atoms with Gasteiger partial charge >= 0.3 is 0 Å². The zero-order valence-corrected chi connectivity index (χ0v) is 13.7. The van der Waals surface area contributed by atoms with Gasteiger partial charge in [0, 0.05) is 0 Å². The van der Waals surface area contributed by atoms with E-state index in [1.807, 2.05) is 0 Å². The predicted molar refractivity (Wildman–Crippen MR) is 85.4 cm³/mol. The molecule has 0 amide bonds. The Morgan fingerprint density at radius 3 is 1.20 bits per heavy atom. The first-order valence-corrected chi connectivity index (χ1v) is 9.69. The van der Waals surface area contributed by atoms with E-state index in [2.05, 4.69) is 13.8 Å². The highest BCUT2D eigenvalue weighted by Gasteiger charge is 2.45. The van der Waals surface area contributed by atoms with Crippen molar-refractivity contribution < 1.29 is 0 Å². The molecule has 4 rings (SSSR count). The zero-order valence-electron chi connectivity index (χ0n) is 13.7. The Kier molecular flexibility index (Phi) is 3.63. The van der Waals surface area contributed by atoms with Crippen molar-refractivity contribution in [3.05, 3.63) is 0 Å². The first-order chi connectivity index (χ1) is 9.69. The number of hydrogen-bond acceptors (Lipinski definition) is 0. The van der Waals surface area contributed by atoms with E-state index in [0.717, 1.165) is 47.3 Å². The molecule has 0 spiro atoms. The molecule has 6 unspecified atom stereocenters. The molecule has 0 N–H and O–H groups in total. The van der Waals surface area contributed by atoms with E-state index in [4.69, 9.17) is 0 Å². The fourth-order valence-corrected chi connectivity index (χ4v) is 6.84. The molecule has 4 aliphatic rings. The summed E-state index contributed by atoms with van der Waals surface area (Å²) in [7, 11) is 0. The molecular weight excluding hydrogens is 240 g/mol. The second-order valence-electron chi connectivity index (χ2n) is 9.34. The van der Waals surface area contributed by atoms with Crippen molar-refractivity contribution in [1.82, 2.24) is 0 Å². The van der Waals surface area contributed by atoms with Crippen molar-refractivity contribution in [3.63, 3.8) is 0 Å². The second kappa shape index (κ2) is 5.33. The van der Waals surface area contributed by atoms with Gasteiger partial charge < -0.3 is 0 Å². The van der Waals surface area contributed by atoms with E-state index in [9.17, 15) is 0 Å². The average molecular weight is 274 g/mol. The van der Waals surface area contributed by atoms with Crippen LogP contribution in [0.4, 0.5) is 0 Å². The van der Waals surface area contributed by atoms with Gasteiger partial charge in [-0.3, -0.25) is 0 Å². The van der Waals surface area contributed by atoms with Gasteiger partial charge in [0.15, 0.2) is 0 Å². The predicted octanol–water partition coefficient (Wildman–Crippen LogP) is 5.91. The molecule has 0 aromatic heterocycles. The molecule has 114 valence electrons. The van der Waals surface area contributed by atoms with Crippen molar-refractivity contribution in [1.29, 1.82) is 0 Å². The largest absolute Gasteiger partial charge is 0.0625 e. The summed E-state index contributed by atoms with van der Waals surface area (Å²) in [6.45, 7) is 5.00. The van der Waals surface area contributed by atoms with Crippen LogP contribution in [0.2, 0.25) is 0 Å². The van der Waals surface area contributed by atoms with Crippen LogP contribution in [0.3, 0.4) is 0 Å². The van der Waals surface area contributed by atoms with Crippen LogP contribution in [0.25, 0.3) is 0 Å². The van der Waals surface area contributed by atoms with Gasteiger partial charge in [0.25, 0.3) is 0 Å². The monoisotopic (exact) mass is 274 g/mol. The van der Waals surface area contributed by atoms with Crippen LogP contribution in [0, 0.1) is 47.3 Å². The number of fused-ring (bicyclic) bond motifs is 3. The van der Waals surface area contributed by atoms with Gasteiger partial charge in [-0.2, -0.15) is 0 Å². The summed E-state index contributed by atoms with van der Waals surface area (Å²) < 4.78 is 0. The molecular formula is C20H34. The van der Waals surface area contributed by atoms with Gasteiger partial charge in [0.1, 0.15) is 0 Å². The van der Waals surface area contributed by atoms with Gasteiger partial charge in [-0.05, 0) is 98.7 Å². The summed E-state index contributed by atoms with van der Waals surface area (Å²) in [5.74, 6) is 8.83. The summed E-state index contributed by atoms with van der Waals surface area (Å²) in [5, 5.41) is 0. The van der Waals surface area contributed by atoms with Crippen LogP contribution in [0.1, 0.15) is 78.1 Å². The van der Waals surface area contributed by atoms with Gasteiger partial charge in [-0.25, -0.2) is 0 Å². The lowest BCUT2D eigenvalue weighted by molar-refractivity contribution is -0.0169. The molecule has 0 aliphatic heterocycles. The minimum absolute atomic E-state index is 1.03. The lowest BCUT2D eigenvalue weighted by atomic mass is 9.53. The highest BCUT2D eigenvalue weighted by molar-refractivity contribution is 4.95. The van der Waals surface area contributed by atoms with E-state index in [-0.39, 0.29) is 0 Å². The SMILES string of the molecule is CC1CCC2CC3CC4CCC(C)CC4CC3CC2C1. The first kappa shape index (κ1) is 13.6. The Bertz CT molecular complexity index is 314. The second-order valence-corrected chi connectivity index (χ2v) is 9.34. The third-order valence-electron chi connectivity index (χ3n) is 7.89. The molecule has 0 heteroatoms. The quantitative estimate of drug-likeness (QED) is 0.515. The Balaban J connectivity index is 1.44. The van der Waals surface area contributed by atoms with Gasteiger partial charge in [-0.15, -0.1) is 0 Å². The van der Waals surface area contributed by atoms with Gasteiger partial charge in [-0.1, -0.05) is 26.7 Å². The van der Waals surface area contributed by atoms with Crippen LogP contribution in [-0.4, -0.2) is 0 Å². The molecule has 0 saturated heterocycles. The van der Waals surface area contributed by atoms with Crippen molar-refractivity contribution in [2.45, 2.75) is 78.1 Å². The fourth-order valence-electron chi connectivity index (χ4n) is 6.84. The maximum atomic E-state index is 2.50. The fraction of sp³-hybridized carbons (Fsp3) is 1.00. The summed E-state index contributed by atoms with van der Waals surface area (Å²) in [5.41, 5.74) is 0. The minimum atomic E-state index is 1.03. The van der Waals surface area contributed by atoms with Crippen LogP contribution in [0.5, 0.6) is 0 Å². The van der Waals surface area contributed by atoms with Crippen LogP contribution >= 0.6 is 0 Å². The molecule has 0 aromatic rings. The highest BCUT2D eigenvalue weighted by atomic mass is 14.5. The Morgan fingerprint density at radius 1 is 0.400 bits per heavy atom. The molecule has 4 saturated carbocycles. The van der Waals surface area contributed by atoms with E-state index in [1.165, 1.54) is 12.8 Å². The molecule has 0 nitrogen and oxygen atoms in total. The summed E-state index contributed by atoms with van der Waals surface area (Å²) >= 11 is 0. The third kappa shape index (κ3) is 2.46. The van der Waals surface area contributed by atoms with Crippen LogP contribution in [0.15, 0.2) is 0 Å². The van der Waals surface area contributed by atoms with Crippen molar-refractivity contribution >= 4 is 0 Å². The van der Waals surface area contributed by atoms with Crippen molar-refractivity contribution in [3.8, 4) is 0 Å². The third-order valence-corrected chi connectivity index (χ3v) is 7.89. The first-order valence-electron chi connectivity index (χ1n) is 9.69. The zero-order chi connectivity index (χ0) is 13.7. The standard InChI is InChI=1S/C20H34/c1-13-3-5-15-9-19-10-16-6-4-14(2)8-18(16)12-20(19)11-17(15)7-13/h13-20H,3-12H2,1-2H3. The lowest BCUT2D eigenvalue weighted by Crippen LogP contribution is -2.42. The molecule has 0 aromatic carbocycles. The molecule has 20 heavy (non-hydrogen) atoms. The Hall–Kier alpha value is 0. The summed E-state index contributed by atoms with van der Waals surface area (Å²) in [6, 6.07) is 0. The Morgan fingerprint density at radius 2 is 0.750 bits per heavy atom. The summed E-state index contributed by atoms with van der Waals surface area (Å²) in [6.07, 6.45) is 15.8. The van der Waals surface area contributed by atoms with Crippen LogP contribution < -0.4 is 0 Å². The van der Waals surface area contributed by atoms with Crippen LogP contribution in [-0.2, 0) is 0 Å². The van der Waals surface area contributed by atoms with E-state index < -0.39 is 0 Å². The van der Waals surface area contributed by atoms with E-state index in [1.54, 1.807) is 51.4 Å². The molecule has 0 heterocycles. The van der Waals surface area contributed by atoms with E-state index in [0.29, 0.717) is 0 Å². The highest BCUT2D eigenvalue weighted by Crippen LogP contribution is 2.55. The molecule has 4 fully saturated rings. The molecule has 0 bridgehead atoms. The lowest BCUT2D eigenvalue weighted by Gasteiger charge is -2.52. The molecule has 0 radical (unpaired) electrons. The molecule has 4 aliphatic carbocycles. The number of rotatable bonds is 0. The normalized spacial score (nSPS) is 55.5. The number of hydrogen-bond donors (Lipinski definition) is 0. The van der Waals surface area contributed by atoms with E-state index >= 15 is 0 Å².